The first-order chi connectivity index (χ1) is 10.7. The monoisotopic (exact) mass is 303 g/mol. The zero-order chi connectivity index (χ0) is 15.4. The van der Waals surface area contributed by atoms with Crippen LogP contribution in [0.2, 0.25) is 0 Å². The molecule has 2 N–H and O–H groups in total. The van der Waals surface area contributed by atoms with Crippen LogP contribution < -0.4 is 15.4 Å². The topological polar surface area (TPSA) is 80.3 Å². The number of hydrogen-bond donors (Lipinski definition) is 2. The molecule has 1 aliphatic heterocycles. The van der Waals surface area contributed by atoms with Crippen LogP contribution in [0.5, 0.6) is 5.88 Å². The molecule has 1 unspecified atom stereocenters. The Bertz CT molecular complexity index is 527. The zero-order valence-corrected chi connectivity index (χ0v) is 12.5. The molecule has 0 aromatic carbocycles. The molecule has 0 bridgehead atoms. The smallest absolute Gasteiger partial charge is 0.242 e. The van der Waals surface area contributed by atoms with Crippen LogP contribution in [0.15, 0.2) is 24.4 Å². The van der Waals surface area contributed by atoms with Gasteiger partial charge in [0.2, 0.25) is 17.7 Å². The molecule has 0 spiro atoms. The van der Waals surface area contributed by atoms with Gasteiger partial charge in [-0.25, -0.2) is 4.98 Å². The van der Waals surface area contributed by atoms with Crippen LogP contribution in [0, 0.1) is 0 Å². The molecule has 1 aromatic heterocycles. The van der Waals surface area contributed by atoms with Gasteiger partial charge in [-0.05, 0) is 38.2 Å². The van der Waals surface area contributed by atoms with Crippen LogP contribution in [0.4, 0.5) is 0 Å². The van der Waals surface area contributed by atoms with Gasteiger partial charge in [0.05, 0.1) is 0 Å². The quantitative estimate of drug-likeness (QED) is 0.875. The van der Waals surface area contributed by atoms with Gasteiger partial charge in [0.25, 0.3) is 0 Å². The second kappa shape index (κ2) is 6.77. The van der Waals surface area contributed by atoms with Crippen molar-refractivity contribution in [1.82, 2.24) is 15.6 Å². The minimum absolute atomic E-state index is 0.0346. The van der Waals surface area contributed by atoms with Crippen LogP contribution in [0.1, 0.15) is 38.5 Å². The molecule has 1 saturated carbocycles. The van der Waals surface area contributed by atoms with Crippen LogP contribution in [-0.4, -0.2) is 35.0 Å². The number of hydrogen-bond acceptors (Lipinski definition) is 4. The Morgan fingerprint density at radius 3 is 2.68 bits per heavy atom. The molecule has 22 heavy (non-hydrogen) atoms. The van der Waals surface area contributed by atoms with Crippen LogP contribution in [0.25, 0.3) is 0 Å². The Morgan fingerprint density at radius 2 is 2.05 bits per heavy atom. The third-order valence-corrected chi connectivity index (χ3v) is 4.26. The van der Waals surface area contributed by atoms with E-state index in [1.165, 1.54) is 0 Å². The summed E-state index contributed by atoms with van der Waals surface area (Å²) in [6.07, 6.45) is 6.52. The van der Waals surface area contributed by atoms with Crippen molar-refractivity contribution in [3.63, 3.8) is 0 Å². The van der Waals surface area contributed by atoms with E-state index < -0.39 is 0 Å². The maximum absolute atomic E-state index is 12.1. The largest absolute Gasteiger partial charge is 0.474 e. The van der Waals surface area contributed by atoms with Crippen molar-refractivity contribution in [3.8, 4) is 5.88 Å². The van der Waals surface area contributed by atoms with E-state index in [4.69, 9.17) is 4.74 Å². The zero-order valence-electron chi connectivity index (χ0n) is 12.5. The highest BCUT2D eigenvalue weighted by molar-refractivity contribution is 5.90. The van der Waals surface area contributed by atoms with E-state index in [1.54, 1.807) is 6.20 Å². The number of nitrogens with one attached hydrogen (secondary N) is 2. The summed E-state index contributed by atoms with van der Waals surface area (Å²) in [5, 5.41) is 5.74. The van der Waals surface area contributed by atoms with Gasteiger partial charge in [0, 0.05) is 24.7 Å². The molecule has 0 radical (unpaired) electrons. The molecule has 1 aliphatic carbocycles. The molecule has 2 amide bonds. The van der Waals surface area contributed by atoms with Crippen LogP contribution in [-0.2, 0) is 9.59 Å². The molecule has 2 aliphatic rings. The van der Waals surface area contributed by atoms with Crippen molar-refractivity contribution in [2.45, 2.75) is 56.7 Å². The van der Waals surface area contributed by atoms with Gasteiger partial charge in [-0.3, -0.25) is 9.59 Å². The van der Waals surface area contributed by atoms with Crippen molar-refractivity contribution in [1.29, 1.82) is 0 Å². The molecule has 6 heteroatoms. The summed E-state index contributed by atoms with van der Waals surface area (Å²) < 4.78 is 5.84. The van der Waals surface area contributed by atoms with Crippen molar-refractivity contribution in [2.24, 2.45) is 0 Å². The van der Waals surface area contributed by atoms with Gasteiger partial charge >= 0.3 is 0 Å². The fourth-order valence-corrected chi connectivity index (χ4v) is 3.03. The van der Waals surface area contributed by atoms with E-state index in [-0.39, 0.29) is 30.0 Å². The SMILES string of the molecule is O=C1CCC(C(=O)NC2CCC(Oc3ccccn3)CC2)N1. The average molecular weight is 303 g/mol. The first kappa shape index (κ1) is 14.8. The Hall–Kier alpha value is -2.11. The summed E-state index contributed by atoms with van der Waals surface area (Å²) in [5.74, 6) is 0.566. The highest BCUT2D eigenvalue weighted by Crippen LogP contribution is 2.23. The first-order valence-corrected chi connectivity index (χ1v) is 7.88. The molecule has 1 saturated heterocycles. The molecule has 2 heterocycles. The minimum atomic E-state index is -0.352. The lowest BCUT2D eigenvalue weighted by Gasteiger charge is -2.29. The summed E-state index contributed by atoms with van der Waals surface area (Å²) in [6.45, 7) is 0. The summed E-state index contributed by atoms with van der Waals surface area (Å²) in [4.78, 5) is 27.4. The molecular weight excluding hydrogens is 282 g/mol. The Labute approximate surface area is 129 Å². The van der Waals surface area contributed by atoms with Crippen molar-refractivity contribution < 1.29 is 14.3 Å². The normalized spacial score (nSPS) is 28.0. The Morgan fingerprint density at radius 1 is 1.23 bits per heavy atom. The number of rotatable bonds is 4. The number of carbonyl (C=O) groups excluding carboxylic acids is 2. The predicted molar refractivity (Wildman–Crippen MR) is 80.2 cm³/mol. The average Bonchev–Trinajstić information content (AvgIpc) is 2.97. The second-order valence-electron chi connectivity index (χ2n) is 5.93. The standard InChI is InChI=1S/C16H21N3O3/c20-14-9-8-13(19-14)16(21)18-11-4-6-12(7-5-11)22-15-3-1-2-10-17-15/h1-3,10-13H,4-9H2,(H,18,21)(H,19,20). The summed E-state index contributed by atoms with van der Waals surface area (Å²) in [5.41, 5.74) is 0. The number of carbonyl (C=O) groups is 2. The molecule has 118 valence electrons. The van der Waals surface area contributed by atoms with E-state index in [2.05, 4.69) is 15.6 Å². The fourth-order valence-electron chi connectivity index (χ4n) is 3.03. The lowest BCUT2D eigenvalue weighted by molar-refractivity contribution is -0.126. The van der Waals surface area contributed by atoms with Crippen molar-refractivity contribution in [3.05, 3.63) is 24.4 Å². The highest BCUT2D eigenvalue weighted by Gasteiger charge is 2.30. The van der Waals surface area contributed by atoms with E-state index in [0.29, 0.717) is 18.7 Å². The molecule has 3 rings (SSSR count). The molecule has 6 nitrogen and oxygen atoms in total. The number of aromatic nitrogens is 1. The fraction of sp³-hybridized carbons (Fsp3) is 0.562. The van der Waals surface area contributed by atoms with Crippen molar-refractivity contribution in [2.75, 3.05) is 0 Å². The molecule has 2 fully saturated rings. The molecule has 1 atom stereocenters. The third-order valence-electron chi connectivity index (χ3n) is 4.26. The van der Waals surface area contributed by atoms with Gasteiger partial charge in [-0.15, -0.1) is 0 Å². The van der Waals surface area contributed by atoms with Gasteiger partial charge in [0.1, 0.15) is 12.1 Å². The van der Waals surface area contributed by atoms with E-state index in [1.807, 2.05) is 18.2 Å². The van der Waals surface area contributed by atoms with Gasteiger partial charge in [-0.2, -0.15) is 0 Å². The Balaban J connectivity index is 1.42. The predicted octanol–water partition coefficient (Wildman–Crippen LogP) is 1.17. The van der Waals surface area contributed by atoms with Gasteiger partial charge in [-0.1, -0.05) is 6.07 Å². The van der Waals surface area contributed by atoms with E-state index in [0.717, 1.165) is 25.7 Å². The lowest BCUT2D eigenvalue weighted by Crippen LogP contribution is -2.47. The second-order valence-corrected chi connectivity index (χ2v) is 5.93. The maximum atomic E-state index is 12.1. The number of ether oxygens (including phenoxy) is 1. The summed E-state index contributed by atoms with van der Waals surface area (Å²) in [7, 11) is 0. The first-order valence-electron chi connectivity index (χ1n) is 7.88. The highest BCUT2D eigenvalue weighted by atomic mass is 16.5. The van der Waals surface area contributed by atoms with Crippen LogP contribution in [0.3, 0.4) is 0 Å². The van der Waals surface area contributed by atoms with E-state index >= 15 is 0 Å². The summed E-state index contributed by atoms with van der Waals surface area (Å²) >= 11 is 0. The number of amides is 2. The van der Waals surface area contributed by atoms with Gasteiger partial charge < -0.3 is 15.4 Å². The maximum Gasteiger partial charge on any atom is 0.242 e. The number of pyridine rings is 1. The molecule has 1 aromatic rings. The molecular formula is C16H21N3O3. The third kappa shape index (κ3) is 3.75. The minimum Gasteiger partial charge on any atom is -0.474 e. The van der Waals surface area contributed by atoms with Gasteiger partial charge in [0.15, 0.2) is 0 Å². The summed E-state index contributed by atoms with van der Waals surface area (Å²) in [6, 6.07) is 5.45. The van der Waals surface area contributed by atoms with E-state index in [9.17, 15) is 9.59 Å². The van der Waals surface area contributed by atoms with Crippen LogP contribution >= 0.6 is 0 Å². The van der Waals surface area contributed by atoms with Crippen molar-refractivity contribution >= 4 is 11.8 Å². The Kier molecular flexibility index (Phi) is 4.56. The lowest BCUT2D eigenvalue weighted by atomic mass is 9.92. The number of nitrogens with zero attached hydrogens (tertiary/aromatic N) is 1.